The van der Waals surface area contributed by atoms with Crippen LogP contribution in [-0.4, -0.2) is 27.3 Å². The molecule has 0 aliphatic carbocycles. The summed E-state index contributed by atoms with van der Waals surface area (Å²) in [6, 6.07) is 5.95. The van der Waals surface area contributed by atoms with Gasteiger partial charge in [0.1, 0.15) is 0 Å². The van der Waals surface area contributed by atoms with E-state index in [-0.39, 0.29) is 11.1 Å². The lowest BCUT2D eigenvalue weighted by Gasteiger charge is -2.01. The van der Waals surface area contributed by atoms with E-state index in [9.17, 15) is 14.4 Å². The number of carboxylic acid groups (broad SMARTS) is 1. The van der Waals surface area contributed by atoms with Gasteiger partial charge in [-0.05, 0) is 31.2 Å². The number of carboxylic acids is 1. The highest BCUT2D eigenvalue weighted by Gasteiger charge is 2.03. The first-order chi connectivity index (χ1) is 9.97. The van der Waals surface area contributed by atoms with E-state index in [0.717, 1.165) is 0 Å². The molecule has 0 atom stereocenters. The number of nitrogens with one attached hydrogen (secondary N) is 3. The third kappa shape index (κ3) is 3.44. The summed E-state index contributed by atoms with van der Waals surface area (Å²) in [5.74, 6) is -1.01. The fourth-order valence-electron chi connectivity index (χ4n) is 1.62. The standard InChI is InChI=1S/C13H12N4O4/c1-7-10(11(18)16-13(21)15-7)6-14-17-9-4-2-8(3-5-9)12(19)20/h2-6,17H,1H3,(H,19,20)(H2,15,16,18,21)/b14-6+. The minimum Gasteiger partial charge on any atom is -0.478 e. The molecule has 2 rings (SSSR count). The molecule has 0 spiro atoms. The van der Waals surface area contributed by atoms with Crippen LogP contribution in [0, 0.1) is 6.92 Å². The van der Waals surface area contributed by atoms with Crippen molar-refractivity contribution in [2.45, 2.75) is 6.92 Å². The molecular weight excluding hydrogens is 276 g/mol. The van der Waals surface area contributed by atoms with Crippen molar-refractivity contribution < 1.29 is 9.90 Å². The van der Waals surface area contributed by atoms with E-state index < -0.39 is 17.2 Å². The van der Waals surface area contributed by atoms with Crippen molar-refractivity contribution in [1.29, 1.82) is 0 Å². The maximum Gasteiger partial charge on any atom is 0.335 e. The van der Waals surface area contributed by atoms with Crippen LogP contribution in [0.25, 0.3) is 0 Å². The van der Waals surface area contributed by atoms with Gasteiger partial charge in [-0.25, -0.2) is 9.59 Å². The van der Waals surface area contributed by atoms with Crippen molar-refractivity contribution in [2.75, 3.05) is 5.43 Å². The number of hydrogen-bond acceptors (Lipinski definition) is 5. The number of rotatable bonds is 4. The van der Waals surface area contributed by atoms with Crippen LogP contribution < -0.4 is 16.7 Å². The monoisotopic (exact) mass is 288 g/mol. The number of aromatic carboxylic acids is 1. The van der Waals surface area contributed by atoms with E-state index in [2.05, 4.69) is 20.5 Å². The fourth-order valence-corrected chi connectivity index (χ4v) is 1.62. The van der Waals surface area contributed by atoms with Crippen LogP contribution in [0.1, 0.15) is 21.6 Å². The number of anilines is 1. The molecule has 0 unspecified atom stereocenters. The van der Waals surface area contributed by atoms with Gasteiger partial charge in [0.15, 0.2) is 0 Å². The second-order valence-electron chi connectivity index (χ2n) is 4.20. The summed E-state index contributed by atoms with van der Waals surface area (Å²) in [4.78, 5) is 37.8. The molecular formula is C13H12N4O4. The first kappa shape index (κ1) is 14.3. The maximum atomic E-state index is 11.6. The number of H-pyrrole nitrogens is 2. The summed E-state index contributed by atoms with van der Waals surface area (Å²) in [7, 11) is 0. The van der Waals surface area contributed by atoms with Crippen LogP contribution in [-0.2, 0) is 0 Å². The largest absolute Gasteiger partial charge is 0.478 e. The van der Waals surface area contributed by atoms with Gasteiger partial charge in [0.25, 0.3) is 5.56 Å². The van der Waals surface area contributed by atoms with Crippen LogP contribution in [0.15, 0.2) is 39.0 Å². The van der Waals surface area contributed by atoms with Gasteiger partial charge in [-0.2, -0.15) is 5.10 Å². The molecule has 8 heteroatoms. The highest BCUT2D eigenvalue weighted by Crippen LogP contribution is 2.09. The fraction of sp³-hybridized carbons (Fsp3) is 0.0769. The van der Waals surface area contributed by atoms with E-state index in [1.807, 2.05) is 0 Å². The number of aromatic nitrogens is 2. The zero-order chi connectivity index (χ0) is 15.4. The molecule has 108 valence electrons. The maximum absolute atomic E-state index is 11.6. The Hall–Kier alpha value is -3.16. The molecule has 0 saturated carbocycles. The van der Waals surface area contributed by atoms with Gasteiger partial charge in [0, 0.05) is 5.69 Å². The van der Waals surface area contributed by atoms with Crippen molar-refractivity contribution in [3.05, 3.63) is 61.9 Å². The summed E-state index contributed by atoms with van der Waals surface area (Å²) >= 11 is 0. The lowest BCUT2D eigenvalue weighted by Crippen LogP contribution is -2.26. The predicted molar refractivity (Wildman–Crippen MR) is 77.0 cm³/mol. The summed E-state index contributed by atoms with van der Waals surface area (Å²) in [5, 5.41) is 12.6. The predicted octanol–water partition coefficient (Wildman–Crippen LogP) is 0.516. The van der Waals surface area contributed by atoms with Gasteiger partial charge in [-0.1, -0.05) is 0 Å². The zero-order valence-corrected chi connectivity index (χ0v) is 11.0. The minimum absolute atomic E-state index is 0.164. The molecule has 0 aliphatic heterocycles. The number of aromatic amines is 2. The van der Waals surface area contributed by atoms with E-state index in [0.29, 0.717) is 11.4 Å². The van der Waals surface area contributed by atoms with Crippen LogP contribution in [0.3, 0.4) is 0 Å². The van der Waals surface area contributed by atoms with Gasteiger partial charge in [-0.3, -0.25) is 15.2 Å². The molecule has 1 heterocycles. The van der Waals surface area contributed by atoms with Crippen LogP contribution in [0.5, 0.6) is 0 Å². The van der Waals surface area contributed by atoms with E-state index in [4.69, 9.17) is 5.11 Å². The third-order valence-electron chi connectivity index (χ3n) is 2.70. The Bertz CT molecular complexity index is 802. The minimum atomic E-state index is -1.01. The number of aryl methyl sites for hydroxylation is 1. The van der Waals surface area contributed by atoms with Gasteiger partial charge in [0.2, 0.25) is 0 Å². The summed E-state index contributed by atoms with van der Waals surface area (Å²) in [5.41, 5.74) is 2.90. The molecule has 8 nitrogen and oxygen atoms in total. The molecule has 21 heavy (non-hydrogen) atoms. The van der Waals surface area contributed by atoms with Crippen molar-refractivity contribution in [3.8, 4) is 0 Å². The van der Waals surface area contributed by atoms with E-state index in [1.165, 1.54) is 18.3 Å². The Labute approximate surface area is 118 Å². The van der Waals surface area contributed by atoms with Crippen molar-refractivity contribution in [3.63, 3.8) is 0 Å². The van der Waals surface area contributed by atoms with E-state index in [1.54, 1.807) is 19.1 Å². The average Bonchev–Trinajstić information content (AvgIpc) is 2.42. The molecule has 2 aromatic rings. The molecule has 0 amide bonds. The van der Waals surface area contributed by atoms with Gasteiger partial charge < -0.3 is 10.1 Å². The Morgan fingerprint density at radius 2 is 1.90 bits per heavy atom. The van der Waals surface area contributed by atoms with Crippen molar-refractivity contribution in [1.82, 2.24) is 9.97 Å². The summed E-state index contributed by atoms with van der Waals surface area (Å²) in [6.45, 7) is 1.58. The first-order valence-corrected chi connectivity index (χ1v) is 5.93. The number of carbonyl (C=O) groups is 1. The summed E-state index contributed by atoms with van der Waals surface area (Å²) in [6.07, 6.45) is 1.27. The van der Waals surface area contributed by atoms with Crippen LogP contribution in [0.4, 0.5) is 5.69 Å². The normalized spacial score (nSPS) is 10.7. The molecule has 4 N–H and O–H groups in total. The van der Waals surface area contributed by atoms with E-state index >= 15 is 0 Å². The molecule has 0 bridgehead atoms. The smallest absolute Gasteiger partial charge is 0.335 e. The molecule has 0 radical (unpaired) electrons. The van der Waals surface area contributed by atoms with Crippen LogP contribution in [0.2, 0.25) is 0 Å². The number of hydrogen-bond donors (Lipinski definition) is 4. The number of hydrazone groups is 1. The highest BCUT2D eigenvalue weighted by atomic mass is 16.4. The quantitative estimate of drug-likeness (QED) is 0.481. The zero-order valence-electron chi connectivity index (χ0n) is 11.0. The topological polar surface area (TPSA) is 127 Å². The summed E-state index contributed by atoms with van der Waals surface area (Å²) < 4.78 is 0. The van der Waals surface area contributed by atoms with Crippen LogP contribution >= 0.6 is 0 Å². The average molecular weight is 288 g/mol. The second kappa shape index (κ2) is 5.87. The van der Waals surface area contributed by atoms with Gasteiger partial charge in [0.05, 0.1) is 23.0 Å². The lowest BCUT2D eigenvalue weighted by atomic mass is 10.2. The Kier molecular flexibility index (Phi) is 3.98. The highest BCUT2D eigenvalue weighted by molar-refractivity contribution is 5.88. The van der Waals surface area contributed by atoms with Gasteiger partial charge >= 0.3 is 11.7 Å². The SMILES string of the molecule is Cc1[nH]c(=O)[nH]c(=O)c1/C=N/Nc1ccc(C(=O)O)cc1. The Morgan fingerprint density at radius 3 is 2.48 bits per heavy atom. The number of benzene rings is 1. The molecule has 1 aromatic heterocycles. The lowest BCUT2D eigenvalue weighted by molar-refractivity contribution is 0.0697. The molecule has 0 saturated heterocycles. The second-order valence-corrected chi connectivity index (χ2v) is 4.20. The molecule has 1 aromatic carbocycles. The van der Waals surface area contributed by atoms with Crippen molar-refractivity contribution >= 4 is 17.9 Å². The molecule has 0 aliphatic rings. The van der Waals surface area contributed by atoms with Gasteiger partial charge in [-0.15, -0.1) is 0 Å². The number of nitrogens with zero attached hydrogens (tertiary/aromatic N) is 1. The third-order valence-corrected chi connectivity index (χ3v) is 2.70. The first-order valence-electron chi connectivity index (χ1n) is 5.93. The van der Waals surface area contributed by atoms with Crippen molar-refractivity contribution in [2.24, 2.45) is 5.10 Å². The Balaban J connectivity index is 2.14. The molecule has 0 fully saturated rings. The Morgan fingerprint density at radius 1 is 1.24 bits per heavy atom.